The molecule has 0 aliphatic carbocycles. The van der Waals surface area contributed by atoms with E-state index in [0.717, 1.165) is 16.2 Å². The fourth-order valence-corrected chi connectivity index (χ4v) is 3.64. The summed E-state index contributed by atoms with van der Waals surface area (Å²) in [5.41, 5.74) is 2.39. The van der Waals surface area contributed by atoms with Crippen molar-refractivity contribution in [1.29, 1.82) is 0 Å². The van der Waals surface area contributed by atoms with Crippen LogP contribution < -0.4 is 5.32 Å². The lowest BCUT2D eigenvalue weighted by atomic mass is 10.2. The quantitative estimate of drug-likeness (QED) is 0.528. The molecule has 0 radical (unpaired) electrons. The maximum atomic E-state index is 12.9. The molecule has 4 rings (SSSR count). The number of nitrogens with zero attached hydrogens (tertiary/aromatic N) is 2. The number of aromatic nitrogens is 2. The third-order valence-corrected chi connectivity index (χ3v) is 5.14. The van der Waals surface area contributed by atoms with Gasteiger partial charge in [-0.2, -0.15) is 5.10 Å². The smallest absolute Gasteiger partial charge is 0.255 e. The number of carbonyl (C=O) groups is 1. The zero-order valence-corrected chi connectivity index (χ0v) is 15.6. The number of carbonyl (C=O) groups excluding carboxylic acids is 1. The molecule has 27 heavy (non-hydrogen) atoms. The number of hydrogen-bond donors (Lipinski definition) is 1. The van der Waals surface area contributed by atoms with Gasteiger partial charge in [-0.15, -0.1) is 11.3 Å². The summed E-state index contributed by atoms with van der Waals surface area (Å²) in [4.78, 5) is 13.9. The van der Waals surface area contributed by atoms with Gasteiger partial charge in [-0.25, -0.2) is 0 Å². The lowest BCUT2D eigenvalue weighted by Crippen LogP contribution is -2.26. The number of hydrogen-bond acceptors (Lipinski definition) is 4. The molecule has 0 aliphatic rings. The summed E-state index contributed by atoms with van der Waals surface area (Å²) in [7, 11) is 0. The van der Waals surface area contributed by atoms with Crippen LogP contribution in [0.25, 0.3) is 10.6 Å². The summed E-state index contributed by atoms with van der Waals surface area (Å²) in [6, 6.07) is 17.5. The second-order valence-electron chi connectivity index (χ2n) is 6.26. The first-order chi connectivity index (χ1) is 13.2. The molecule has 1 atom stereocenters. The van der Waals surface area contributed by atoms with Gasteiger partial charge in [0.15, 0.2) is 0 Å². The van der Waals surface area contributed by atoms with Crippen molar-refractivity contribution in [2.24, 2.45) is 0 Å². The van der Waals surface area contributed by atoms with Crippen LogP contribution in [0.4, 0.5) is 0 Å². The fraction of sp³-hybridized carbons (Fsp3) is 0.143. The molecule has 0 fully saturated rings. The number of rotatable bonds is 6. The molecule has 1 aromatic carbocycles. The standard InChI is InChI=1S/C21H19N3O2S/c1-15(18-9-5-11-26-18)22-21(25)17-14-24(13-16-7-3-2-4-8-16)23-20(17)19-10-6-12-27-19/h2-12,14-15H,13H2,1H3,(H,22,25). The maximum Gasteiger partial charge on any atom is 0.255 e. The third-order valence-electron chi connectivity index (χ3n) is 4.27. The molecule has 4 aromatic rings. The lowest BCUT2D eigenvalue weighted by Gasteiger charge is -2.11. The molecule has 3 heterocycles. The van der Waals surface area contributed by atoms with E-state index in [4.69, 9.17) is 4.42 Å². The van der Waals surface area contributed by atoms with Crippen molar-refractivity contribution in [2.45, 2.75) is 19.5 Å². The molecule has 0 spiro atoms. The van der Waals surface area contributed by atoms with Crippen molar-refractivity contribution >= 4 is 17.2 Å². The van der Waals surface area contributed by atoms with Gasteiger partial charge < -0.3 is 9.73 Å². The van der Waals surface area contributed by atoms with Gasteiger partial charge in [-0.1, -0.05) is 36.4 Å². The molecule has 0 saturated carbocycles. The molecular weight excluding hydrogens is 358 g/mol. The van der Waals surface area contributed by atoms with Crippen molar-refractivity contribution in [2.75, 3.05) is 0 Å². The van der Waals surface area contributed by atoms with Crippen LogP contribution in [0.3, 0.4) is 0 Å². The normalized spacial score (nSPS) is 12.0. The lowest BCUT2D eigenvalue weighted by molar-refractivity contribution is 0.0936. The zero-order valence-electron chi connectivity index (χ0n) is 14.8. The Labute approximate surface area is 161 Å². The van der Waals surface area contributed by atoms with E-state index >= 15 is 0 Å². The highest BCUT2D eigenvalue weighted by molar-refractivity contribution is 7.13. The van der Waals surface area contributed by atoms with E-state index in [-0.39, 0.29) is 11.9 Å². The van der Waals surface area contributed by atoms with Crippen LogP contribution in [0.2, 0.25) is 0 Å². The Bertz CT molecular complexity index is 1010. The van der Waals surface area contributed by atoms with Crippen LogP contribution in [0.15, 0.2) is 76.9 Å². The van der Waals surface area contributed by atoms with Crippen molar-refractivity contribution in [3.8, 4) is 10.6 Å². The van der Waals surface area contributed by atoms with Gasteiger partial charge in [-0.05, 0) is 36.1 Å². The topological polar surface area (TPSA) is 60.1 Å². The number of amides is 1. The van der Waals surface area contributed by atoms with Gasteiger partial charge in [0.05, 0.1) is 29.3 Å². The minimum Gasteiger partial charge on any atom is -0.467 e. The molecule has 0 aliphatic heterocycles. The van der Waals surface area contributed by atoms with E-state index in [2.05, 4.69) is 10.4 Å². The molecule has 0 bridgehead atoms. The Morgan fingerprint density at radius 3 is 2.74 bits per heavy atom. The van der Waals surface area contributed by atoms with Gasteiger partial charge >= 0.3 is 0 Å². The predicted octanol–water partition coefficient (Wildman–Crippen LogP) is 4.74. The Kier molecular flexibility index (Phi) is 4.89. The van der Waals surface area contributed by atoms with Gasteiger partial charge in [0.25, 0.3) is 5.91 Å². The van der Waals surface area contributed by atoms with Gasteiger partial charge in [0, 0.05) is 6.20 Å². The molecule has 1 amide bonds. The van der Waals surface area contributed by atoms with E-state index in [9.17, 15) is 4.79 Å². The van der Waals surface area contributed by atoms with Crippen LogP contribution in [0.5, 0.6) is 0 Å². The Morgan fingerprint density at radius 1 is 1.19 bits per heavy atom. The van der Waals surface area contributed by atoms with E-state index in [1.54, 1.807) is 17.6 Å². The van der Waals surface area contributed by atoms with Crippen LogP contribution in [0, 0.1) is 0 Å². The van der Waals surface area contributed by atoms with E-state index in [1.165, 1.54) is 0 Å². The zero-order chi connectivity index (χ0) is 18.6. The molecule has 5 nitrogen and oxygen atoms in total. The molecule has 1 unspecified atom stereocenters. The highest BCUT2D eigenvalue weighted by Crippen LogP contribution is 2.27. The average Bonchev–Trinajstić information content (AvgIpc) is 3.43. The highest BCUT2D eigenvalue weighted by Gasteiger charge is 2.21. The van der Waals surface area contributed by atoms with Crippen LogP contribution in [0.1, 0.15) is 34.6 Å². The van der Waals surface area contributed by atoms with Gasteiger partial charge in [0.2, 0.25) is 0 Å². The first-order valence-electron chi connectivity index (χ1n) is 8.70. The summed E-state index contributed by atoms with van der Waals surface area (Å²) in [5, 5.41) is 9.66. The minimum atomic E-state index is -0.221. The monoisotopic (exact) mass is 377 g/mol. The first kappa shape index (κ1) is 17.3. The summed E-state index contributed by atoms with van der Waals surface area (Å²) in [6.07, 6.45) is 3.42. The second-order valence-corrected chi connectivity index (χ2v) is 7.21. The Hall–Kier alpha value is -3.12. The number of benzene rings is 1. The summed E-state index contributed by atoms with van der Waals surface area (Å²) < 4.78 is 7.20. The molecule has 0 saturated heterocycles. The number of thiophene rings is 1. The molecule has 3 aromatic heterocycles. The average molecular weight is 377 g/mol. The van der Waals surface area contributed by atoms with Crippen molar-refractivity contribution in [1.82, 2.24) is 15.1 Å². The van der Waals surface area contributed by atoms with E-state index in [0.29, 0.717) is 17.8 Å². The van der Waals surface area contributed by atoms with Crippen LogP contribution in [-0.2, 0) is 6.54 Å². The summed E-state index contributed by atoms with van der Waals surface area (Å²) >= 11 is 1.57. The number of nitrogens with one attached hydrogen (secondary N) is 1. The molecular formula is C21H19N3O2S. The van der Waals surface area contributed by atoms with E-state index < -0.39 is 0 Å². The minimum absolute atomic E-state index is 0.165. The van der Waals surface area contributed by atoms with Gasteiger partial charge in [0.1, 0.15) is 11.5 Å². The fourth-order valence-electron chi connectivity index (χ4n) is 2.92. The summed E-state index contributed by atoms with van der Waals surface area (Å²) in [5.74, 6) is 0.555. The van der Waals surface area contributed by atoms with Crippen molar-refractivity contribution < 1.29 is 9.21 Å². The molecule has 136 valence electrons. The maximum absolute atomic E-state index is 12.9. The Balaban J connectivity index is 1.62. The van der Waals surface area contributed by atoms with E-state index in [1.807, 2.05) is 77.8 Å². The summed E-state index contributed by atoms with van der Waals surface area (Å²) in [6.45, 7) is 2.51. The largest absolute Gasteiger partial charge is 0.467 e. The van der Waals surface area contributed by atoms with Crippen LogP contribution >= 0.6 is 11.3 Å². The highest BCUT2D eigenvalue weighted by atomic mass is 32.1. The van der Waals surface area contributed by atoms with Crippen molar-refractivity contribution in [3.05, 3.63) is 89.3 Å². The Morgan fingerprint density at radius 2 is 2.04 bits per heavy atom. The molecule has 6 heteroatoms. The molecule has 1 N–H and O–H groups in total. The van der Waals surface area contributed by atoms with Crippen molar-refractivity contribution in [3.63, 3.8) is 0 Å². The first-order valence-corrected chi connectivity index (χ1v) is 9.58. The second kappa shape index (κ2) is 7.63. The van der Waals surface area contributed by atoms with Gasteiger partial charge in [-0.3, -0.25) is 9.48 Å². The SMILES string of the molecule is CC(NC(=O)c1cn(Cc2ccccc2)nc1-c1cccs1)c1ccco1. The predicted molar refractivity (Wildman–Crippen MR) is 106 cm³/mol. The third kappa shape index (κ3) is 3.85. The number of furan rings is 1. The van der Waals surface area contributed by atoms with Crippen LogP contribution in [-0.4, -0.2) is 15.7 Å².